The summed E-state index contributed by atoms with van der Waals surface area (Å²) in [6.45, 7) is 4.45. The van der Waals surface area contributed by atoms with E-state index in [1.54, 1.807) is 6.20 Å². The van der Waals surface area contributed by atoms with Gasteiger partial charge in [-0.2, -0.15) is 0 Å². The van der Waals surface area contributed by atoms with Crippen LogP contribution in [0.3, 0.4) is 0 Å². The summed E-state index contributed by atoms with van der Waals surface area (Å²) in [5, 5.41) is 5.85. The number of hydrogen-bond acceptors (Lipinski definition) is 4. The third-order valence-corrected chi connectivity index (χ3v) is 4.44. The molecule has 3 rings (SSSR count). The van der Waals surface area contributed by atoms with E-state index in [1.807, 2.05) is 43.5 Å². The van der Waals surface area contributed by atoms with E-state index in [4.69, 9.17) is 0 Å². The van der Waals surface area contributed by atoms with E-state index in [-0.39, 0.29) is 12.1 Å². The summed E-state index contributed by atoms with van der Waals surface area (Å²) < 4.78 is 0. The number of carbonyl (C=O) groups excluding carboxylic acids is 1. The number of piperidine rings is 1. The highest BCUT2D eigenvalue weighted by molar-refractivity contribution is 5.74. The van der Waals surface area contributed by atoms with E-state index in [1.165, 1.54) is 19.3 Å². The molecule has 0 radical (unpaired) electrons. The molecule has 132 valence electrons. The molecule has 1 aliphatic rings. The first-order valence-electron chi connectivity index (χ1n) is 8.88. The molecular formula is C19H25N5O. The van der Waals surface area contributed by atoms with E-state index in [2.05, 4.69) is 25.5 Å². The summed E-state index contributed by atoms with van der Waals surface area (Å²) in [7, 11) is 0. The van der Waals surface area contributed by atoms with Crippen molar-refractivity contribution >= 4 is 11.8 Å². The normalized spacial score (nSPS) is 15.5. The first kappa shape index (κ1) is 17.2. The molecule has 2 N–H and O–H groups in total. The zero-order valence-electron chi connectivity index (χ0n) is 14.6. The lowest BCUT2D eigenvalue weighted by Crippen LogP contribution is -2.37. The molecular weight excluding hydrogens is 314 g/mol. The lowest BCUT2D eigenvalue weighted by molar-refractivity contribution is 0.237. The second-order valence-electron chi connectivity index (χ2n) is 6.34. The maximum atomic E-state index is 12.2. The van der Waals surface area contributed by atoms with Crippen molar-refractivity contribution in [3.8, 4) is 0 Å². The van der Waals surface area contributed by atoms with Gasteiger partial charge in [-0.05, 0) is 44.4 Å². The van der Waals surface area contributed by atoms with Gasteiger partial charge in [-0.15, -0.1) is 0 Å². The van der Waals surface area contributed by atoms with Gasteiger partial charge in [0.15, 0.2) is 0 Å². The molecule has 1 unspecified atom stereocenters. The molecule has 2 aromatic heterocycles. The van der Waals surface area contributed by atoms with Crippen LogP contribution in [0.15, 0.2) is 42.7 Å². The van der Waals surface area contributed by atoms with Crippen LogP contribution in [-0.4, -0.2) is 29.1 Å². The fraction of sp³-hybridized carbons (Fsp3) is 0.421. The minimum Gasteiger partial charge on any atom is -0.356 e. The molecule has 6 nitrogen and oxygen atoms in total. The fourth-order valence-electron chi connectivity index (χ4n) is 3.09. The van der Waals surface area contributed by atoms with Crippen LogP contribution >= 0.6 is 0 Å². The average molecular weight is 339 g/mol. The third kappa shape index (κ3) is 4.68. The van der Waals surface area contributed by atoms with Gasteiger partial charge in [0.25, 0.3) is 0 Å². The first-order valence-corrected chi connectivity index (χ1v) is 8.88. The summed E-state index contributed by atoms with van der Waals surface area (Å²) >= 11 is 0. The van der Waals surface area contributed by atoms with Gasteiger partial charge >= 0.3 is 6.03 Å². The summed E-state index contributed by atoms with van der Waals surface area (Å²) in [5.74, 6) is 0.986. The number of aromatic nitrogens is 2. The standard InChI is InChI=1S/C19H25N5O/c1-15(17-9-3-4-10-20-17)23-19(25)22-14-16-8-7-11-21-18(16)24-12-5-2-6-13-24/h3-4,7-11,15H,2,5-6,12-14H2,1H3,(H2,22,23,25). The minimum atomic E-state index is -0.202. The zero-order chi connectivity index (χ0) is 17.5. The lowest BCUT2D eigenvalue weighted by atomic mass is 10.1. The number of pyridine rings is 2. The van der Waals surface area contributed by atoms with Crippen LogP contribution in [0.1, 0.15) is 43.5 Å². The number of nitrogens with zero attached hydrogens (tertiary/aromatic N) is 3. The number of carbonyl (C=O) groups is 1. The van der Waals surface area contributed by atoms with Crippen LogP contribution in [0.4, 0.5) is 10.6 Å². The molecule has 6 heteroatoms. The van der Waals surface area contributed by atoms with Gasteiger partial charge in [0.05, 0.1) is 11.7 Å². The Morgan fingerprint density at radius 1 is 1.12 bits per heavy atom. The quantitative estimate of drug-likeness (QED) is 0.878. The number of rotatable bonds is 5. The Morgan fingerprint density at radius 2 is 1.92 bits per heavy atom. The minimum absolute atomic E-state index is 0.142. The van der Waals surface area contributed by atoms with E-state index in [9.17, 15) is 4.79 Å². The summed E-state index contributed by atoms with van der Waals surface area (Å²) in [4.78, 5) is 23.3. The largest absolute Gasteiger partial charge is 0.356 e. The van der Waals surface area contributed by atoms with Crippen molar-refractivity contribution in [2.75, 3.05) is 18.0 Å². The van der Waals surface area contributed by atoms with Crippen LogP contribution in [-0.2, 0) is 6.54 Å². The maximum absolute atomic E-state index is 12.2. The summed E-state index contributed by atoms with van der Waals surface area (Å²) in [6, 6.07) is 9.28. The number of anilines is 1. The highest BCUT2D eigenvalue weighted by Gasteiger charge is 2.16. The fourth-order valence-corrected chi connectivity index (χ4v) is 3.09. The first-order chi connectivity index (χ1) is 12.2. The van der Waals surface area contributed by atoms with Crippen LogP contribution in [0.5, 0.6) is 0 Å². The van der Waals surface area contributed by atoms with Gasteiger partial charge in [-0.3, -0.25) is 4.98 Å². The maximum Gasteiger partial charge on any atom is 0.315 e. The third-order valence-electron chi connectivity index (χ3n) is 4.44. The van der Waals surface area contributed by atoms with Gasteiger partial charge in [0.2, 0.25) is 0 Å². The topological polar surface area (TPSA) is 70.2 Å². The lowest BCUT2D eigenvalue weighted by Gasteiger charge is -2.29. The molecule has 1 aliphatic heterocycles. The van der Waals surface area contributed by atoms with Crippen molar-refractivity contribution in [1.82, 2.24) is 20.6 Å². The Balaban J connectivity index is 1.57. The average Bonchev–Trinajstić information content (AvgIpc) is 2.68. The van der Waals surface area contributed by atoms with Crippen molar-refractivity contribution < 1.29 is 4.79 Å². The van der Waals surface area contributed by atoms with Crippen LogP contribution in [0.2, 0.25) is 0 Å². The smallest absolute Gasteiger partial charge is 0.315 e. The monoisotopic (exact) mass is 339 g/mol. The molecule has 1 atom stereocenters. The van der Waals surface area contributed by atoms with Crippen LogP contribution < -0.4 is 15.5 Å². The summed E-state index contributed by atoms with van der Waals surface area (Å²) in [5.41, 5.74) is 1.89. The Bertz CT molecular complexity index is 685. The Labute approximate surface area is 148 Å². The van der Waals surface area contributed by atoms with Gasteiger partial charge in [-0.1, -0.05) is 12.1 Å². The molecule has 0 spiro atoms. The van der Waals surface area contributed by atoms with Gasteiger partial charge < -0.3 is 15.5 Å². The molecule has 3 heterocycles. The molecule has 2 amide bonds. The zero-order valence-corrected chi connectivity index (χ0v) is 14.6. The van der Waals surface area contributed by atoms with Crippen LogP contribution in [0.25, 0.3) is 0 Å². The van der Waals surface area contributed by atoms with Crippen molar-refractivity contribution in [2.24, 2.45) is 0 Å². The van der Waals surface area contributed by atoms with Crippen molar-refractivity contribution in [1.29, 1.82) is 0 Å². The van der Waals surface area contributed by atoms with Gasteiger partial charge in [0, 0.05) is 37.6 Å². The van der Waals surface area contributed by atoms with Gasteiger partial charge in [-0.25, -0.2) is 9.78 Å². The molecule has 0 saturated carbocycles. The molecule has 1 fully saturated rings. The molecule has 0 aromatic carbocycles. The highest BCUT2D eigenvalue weighted by Crippen LogP contribution is 2.21. The van der Waals surface area contributed by atoms with E-state index in [0.29, 0.717) is 6.54 Å². The SMILES string of the molecule is CC(NC(=O)NCc1cccnc1N1CCCCC1)c1ccccn1. The van der Waals surface area contributed by atoms with Crippen molar-refractivity contribution in [3.05, 3.63) is 54.0 Å². The highest BCUT2D eigenvalue weighted by atomic mass is 16.2. The number of hydrogen-bond donors (Lipinski definition) is 2. The molecule has 1 saturated heterocycles. The number of urea groups is 1. The second kappa shape index (κ2) is 8.46. The summed E-state index contributed by atoms with van der Waals surface area (Å²) in [6.07, 6.45) is 7.23. The van der Waals surface area contributed by atoms with Crippen molar-refractivity contribution in [2.45, 2.75) is 38.8 Å². The molecule has 0 aliphatic carbocycles. The Hall–Kier alpha value is -2.63. The molecule has 0 bridgehead atoms. The Kier molecular flexibility index (Phi) is 5.82. The number of nitrogens with one attached hydrogen (secondary N) is 2. The van der Waals surface area contributed by atoms with E-state index in [0.717, 1.165) is 30.2 Å². The van der Waals surface area contributed by atoms with Crippen LogP contribution in [0, 0.1) is 0 Å². The van der Waals surface area contributed by atoms with E-state index < -0.39 is 0 Å². The molecule has 25 heavy (non-hydrogen) atoms. The number of amides is 2. The predicted molar refractivity (Wildman–Crippen MR) is 98.3 cm³/mol. The van der Waals surface area contributed by atoms with Crippen molar-refractivity contribution in [3.63, 3.8) is 0 Å². The molecule has 2 aromatic rings. The Morgan fingerprint density at radius 3 is 2.68 bits per heavy atom. The van der Waals surface area contributed by atoms with Gasteiger partial charge in [0.1, 0.15) is 5.82 Å². The van der Waals surface area contributed by atoms with E-state index >= 15 is 0 Å². The predicted octanol–water partition coefficient (Wildman–Crippen LogP) is 3.03. The second-order valence-corrected chi connectivity index (χ2v) is 6.34.